The van der Waals surface area contributed by atoms with Crippen LogP contribution in [0.1, 0.15) is 5.89 Å². The van der Waals surface area contributed by atoms with Crippen LogP contribution < -0.4 is 11.5 Å². The van der Waals surface area contributed by atoms with Gasteiger partial charge in [-0.2, -0.15) is 0 Å². The van der Waals surface area contributed by atoms with Gasteiger partial charge in [0.2, 0.25) is 0 Å². The second-order valence-electron chi connectivity index (χ2n) is 3.13. The highest BCUT2D eigenvalue weighted by Gasteiger charge is 2.03. The van der Waals surface area contributed by atoms with Crippen LogP contribution in [-0.4, -0.2) is 17.5 Å². The molecule has 1 aromatic heterocycles. The quantitative estimate of drug-likeness (QED) is 0.567. The van der Waals surface area contributed by atoms with E-state index in [1.54, 1.807) is 0 Å². The Morgan fingerprint density at radius 2 is 2.13 bits per heavy atom. The van der Waals surface area contributed by atoms with Gasteiger partial charge in [0.15, 0.2) is 17.4 Å². The zero-order valence-corrected chi connectivity index (χ0v) is 8.18. The number of aromatic nitrogens is 1. The van der Waals surface area contributed by atoms with Crippen LogP contribution in [0.15, 0.2) is 33.7 Å². The zero-order valence-electron chi connectivity index (χ0n) is 8.18. The summed E-state index contributed by atoms with van der Waals surface area (Å²) >= 11 is 0. The largest absolute Gasteiger partial charge is 0.441 e. The van der Waals surface area contributed by atoms with Gasteiger partial charge < -0.3 is 15.9 Å². The SMILES string of the molecule is NC(N)=NCCc1nc2ccccc2o1. The first-order valence-electron chi connectivity index (χ1n) is 4.65. The lowest BCUT2D eigenvalue weighted by molar-refractivity contribution is 0.531. The van der Waals surface area contributed by atoms with Crippen molar-refractivity contribution in [3.63, 3.8) is 0 Å². The minimum Gasteiger partial charge on any atom is -0.441 e. The van der Waals surface area contributed by atoms with Crippen molar-refractivity contribution in [2.24, 2.45) is 16.5 Å². The molecule has 1 aromatic carbocycles. The first-order chi connectivity index (χ1) is 7.25. The Morgan fingerprint density at radius 1 is 1.33 bits per heavy atom. The molecule has 15 heavy (non-hydrogen) atoms. The lowest BCUT2D eigenvalue weighted by atomic mass is 10.3. The van der Waals surface area contributed by atoms with E-state index < -0.39 is 0 Å². The molecular formula is C10H12N4O. The summed E-state index contributed by atoms with van der Waals surface area (Å²) in [7, 11) is 0. The van der Waals surface area contributed by atoms with E-state index in [1.807, 2.05) is 24.3 Å². The molecule has 4 N–H and O–H groups in total. The number of benzene rings is 1. The number of guanidine groups is 1. The first-order valence-corrected chi connectivity index (χ1v) is 4.65. The molecule has 2 aromatic rings. The van der Waals surface area contributed by atoms with Gasteiger partial charge in [-0.15, -0.1) is 0 Å². The van der Waals surface area contributed by atoms with E-state index in [2.05, 4.69) is 9.98 Å². The Bertz CT molecular complexity index is 452. The van der Waals surface area contributed by atoms with Gasteiger partial charge in [-0.25, -0.2) is 4.98 Å². The molecule has 0 aliphatic rings. The molecule has 0 radical (unpaired) electrons. The van der Waals surface area contributed by atoms with Gasteiger partial charge in [0.1, 0.15) is 5.52 Å². The minimum atomic E-state index is 0.0890. The van der Waals surface area contributed by atoms with Crippen molar-refractivity contribution in [1.82, 2.24) is 4.98 Å². The van der Waals surface area contributed by atoms with E-state index in [1.165, 1.54) is 0 Å². The number of fused-ring (bicyclic) bond motifs is 1. The van der Waals surface area contributed by atoms with E-state index in [0.717, 1.165) is 11.1 Å². The minimum absolute atomic E-state index is 0.0890. The van der Waals surface area contributed by atoms with Crippen molar-refractivity contribution in [1.29, 1.82) is 0 Å². The number of aliphatic imine (C=N–C) groups is 1. The number of nitrogens with two attached hydrogens (primary N) is 2. The molecule has 0 aliphatic carbocycles. The summed E-state index contributed by atoms with van der Waals surface area (Å²) < 4.78 is 5.49. The van der Waals surface area contributed by atoms with Gasteiger partial charge >= 0.3 is 0 Å². The van der Waals surface area contributed by atoms with Crippen LogP contribution >= 0.6 is 0 Å². The number of hydrogen-bond donors (Lipinski definition) is 2. The predicted octanol–water partition coefficient (Wildman–Crippen LogP) is 0.644. The van der Waals surface area contributed by atoms with Crippen molar-refractivity contribution >= 4 is 17.1 Å². The topological polar surface area (TPSA) is 90.4 Å². The summed E-state index contributed by atoms with van der Waals surface area (Å²) in [6.45, 7) is 0.495. The molecule has 0 spiro atoms. The summed E-state index contributed by atoms with van der Waals surface area (Å²) in [6, 6.07) is 7.62. The van der Waals surface area contributed by atoms with Gasteiger partial charge in [0.05, 0.1) is 6.54 Å². The number of rotatable bonds is 3. The Hall–Kier alpha value is -2.04. The average Bonchev–Trinajstić information content (AvgIpc) is 2.59. The van der Waals surface area contributed by atoms with Gasteiger partial charge in [-0.05, 0) is 12.1 Å². The third-order valence-corrected chi connectivity index (χ3v) is 1.96. The average molecular weight is 204 g/mol. The number of oxazole rings is 1. The zero-order chi connectivity index (χ0) is 10.7. The molecule has 0 aliphatic heterocycles. The van der Waals surface area contributed by atoms with E-state index in [0.29, 0.717) is 18.9 Å². The maximum absolute atomic E-state index is 5.49. The molecule has 5 heteroatoms. The van der Waals surface area contributed by atoms with Crippen molar-refractivity contribution in [3.05, 3.63) is 30.2 Å². The summed E-state index contributed by atoms with van der Waals surface area (Å²) in [5.41, 5.74) is 12.1. The van der Waals surface area contributed by atoms with Crippen molar-refractivity contribution in [2.75, 3.05) is 6.54 Å². The lowest BCUT2D eigenvalue weighted by Gasteiger charge is -1.91. The van der Waals surface area contributed by atoms with Gasteiger partial charge in [-0.1, -0.05) is 12.1 Å². The third kappa shape index (κ3) is 2.25. The van der Waals surface area contributed by atoms with Crippen LogP contribution in [0.2, 0.25) is 0 Å². The highest BCUT2D eigenvalue weighted by atomic mass is 16.3. The lowest BCUT2D eigenvalue weighted by Crippen LogP contribution is -2.23. The Balaban J connectivity index is 2.12. The summed E-state index contributed by atoms with van der Waals surface area (Å²) in [4.78, 5) is 8.15. The van der Waals surface area contributed by atoms with Crippen molar-refractivity contribution in [2.45, 2.75) is 6.42 Å². The number of hydrogen-bond acceptors (Lipinski definition) is 3. The summed E-state index contributed by atoms with van der Waals surface area (Å²) in [5, 5.41) is 0. The molecule has 78 valence electrons. The maximum Gasteiger partial charge on any atom is 0.197 e. The van der Waals surface area contributed by atoms with Crippen LogP contribution in [0.5, 0.6) is 0 Å². The third-order valence-electron chi connectivity index (χ3n) is 1.96. The van der Waals surface area contributed by atoms with Crippen molar-refractivity contribution < 1.29 is 4.42 Å². The fourth-order valence-electron chi connectivity index (χ4n) is 1.31. The predicted molar refractivity (Wildman–Crippen MR) is 58.4 cm³/mol. The molecule has 0 atom stereocenters. The number of para-hydroxylation sites is 2. The van der Waals surface area contributed by atoms with Crippen LogP contribution in [-0.2, 0) is 6.42 Å². The van der Waals surface area contributed by atoms with Crippen LogP contribution in [0, 0.1) is 0 Å². The second kappa shape index (κ2) is 4.00. The smallest absolute Gasteiger partial charge is 0.197 e. The monoisotopic (exact) mass is 204 g/mol. The molecule has 0 saturated carbocycles. The van der Waals surface area contributed by atoms with E-state index >= 15 is 0 Å². The standard InChI is InChI=1S/C10H12N4O/c11-10(12)13-6-5-9-14-7-3-1-2-4-8(7)15-9/h1-4H,5-6H2,(H4,11,12,13). The summed E-state index contributed by atoms with van der Waals surface area (Å²) in [5.74, 6) is 0.743. The molecule has 0 bridgehead atoms. The van der Waals surface area contributed by atoms with E-state index in [-0.39, 0.29) is 5.96 Å². The second-order valence-corrected chi connectivity index (χ2v) is 3.13. The Labute approximate surface area is 86.8 Å². The Kier molecular flexibility index (Phi) is 2.53. The molecule has 1 heterocycles. The van der Waals surface area contributed by atoms with Gasteiger partial charge in [-0.3, -0.25) is 4.99 Å². The molecule has 5 nitrogen and oxygen atoms in total. The van der Waals surface area contributed by atoms with E-state index in [9.17, 15) is 0 Å². The van der Waals surface area contributed by atoms with Gasteiger partial charge in [0.25, 0.3) is 0 Å². The molecule has 0 fully saturated rings. The number of nitrogens with zero attached hydrogens (tertiary/aromatic N) is 2. The molecule has 2 rings (SSSR count). The highest BCUT2D eigenvalue weighted by molar-refractivity contribution is 5.75. The molecule has 0 unspecified atom stereocenters. The normalized spacial score (nSPS) is 10.4. The van der Waals surface area contributed by atoms with Crippen LogP contribution in [0.4, 0.5) is 0 Å². The fraction of sp³-hybridized carbons (Fsp3) is 0.200. The fourth-order valence-corrected chi connectivity index (χ4v) is 1.31. The maximum atomic E-state index is 5.49. The van der Waals surface area contributed by atoms with Crippen LogP contribution in [0.3, 0.4) is 0 Å². The molecule has 0 amide bonds. The van der Waals surface area contributed by atoms with Crippen LogP contribution in [0.25, 0.3) is 11.1 Å². The van der Waals surface area contributed by atoms with Gasteiger partial charge in [0, 0.05) is 6.42 Å². The highest BCUT2D eigenvalue weighted by Crippen LogP contribution is 2.14. The molecule has 0 saturated heterocycles. The van der Waals surface area contributed by atoms with Crippen molar-refractivity contribution in [3.8, 4) is 0 Å². The first kappa shape index (κ1) is 9.51. The summed E-state index contributed by atoms with van der Waals surface area (Å²) in [6.07, 6.45) is 0.604. The molecular weight excluding hydrogens is 192 g/mol. The van der Waals surface area contributed by atoms with E-state index in [4.69, 9.17) is 15.9 Å². The Morgan fingerprint density at radius 3 is 2.87 bits per heavy atom.